The molecule has 1 N–H and O–H groups in total. The Balaban J connectivity index is 2.18. The quantitative estimate of drug-likeness (QED) is 0.928. The third-order valence-electron chi connectivity index (χ3n) is 2.95. The van der Waals surface area contributed by atoms with Crippen molar-refractivity contribution < 1.29 is 9.59 Å². The number of nitrogens with zero attached hydrogens (tertiary/aromatic N) is 2. The number of carbonyl (C=O) groups is 2. The average molecular weight is 271 g/mol. The molecular weight excluding hydrogens is 254 g/mol. The molecule has 5 nitrogen and oxygen atoms in total. The van der Waals surface area contributed by atoms with Gasteiger partial charge in [0.2, 0.25) is 0 Å². The Morgan fingerprint density at radius 3 is 2.50 bits per heavy atom. The number of hydrogen-bond donors (Lipinski definition) is 1. The maximum atomic E-state index is 12.1. The molecule has 0 aliphatic carbocycles. The summed E-state index contributed by atoms with van der Waals surface area (Å²) in [7, 11) is 5.19. The predicted octanol–water partition coefficient (Wildman–Crippen LogP) is 1.98. The first-order valence-corrected chi connectivity index (χ1v) is 6.23. The Hall–Kier alpha value is -2.56. The Kier molecular flexibility index (Phi) is 3.89. The van der Waals surface area contributed by atoms with Crippen LogP contribution in [0.1, 0.15) is 20.8 Å². The van der Waals surface area contributed by atoms with Gasteiger partial charge in [-0.1, -0.05) is 6.07 Å². The molecule has 2 rings (SSSR count). The SMILES string of the molecule is CN(C)C(=O)c1cccc(NC(=O)c2cccn2C)c1. The van der Waals surface area contributed by atoms with Crippen molar-refractivity contribution in [2.45, 2.75) is 0 Å². The number of anilines is 1. The summed E-state index contributed by atoms with van der Waals surface area (Å²) < 4.78 is 1.74. The zero-order valence-electron chi connectivity index (χ0n) is 11.8. The monoisotopic (exact) mass is 271 g/mol. The van der Waals surface area contributed by atoms with Crippen LogP contribution in [0.15, 0.2) is 42.6 Å². The van der Waals surface area contributed by atoms with Crippen molar-refractivity contribution in [3.63, 3.8) is 0 Å². The van der Waals surface area contributed by atoms with Gasteiger partial charge in [0.15, 0.2) is 0 Å². The van der Waals surface area contributed by atoms with E-state index in [4.69, 9.17) is 0 Å². The van der Waals surface area contributed by atoms with E-state index in [1.165, 1.54) is 4.90 Å². The molecule has 1 heterocycles. The Bertz CT molecular complexity index is 644. The highest BCUT2D eigenvalue weighted by Gasteiger charge is 2.11. The first-order chi connectivity index (χ1) is 9.49. The highest BCUT2D eigenvalue weighted by Crippen LogP contribution is 2.13. The minimum Gasteiger partial charge on any atom is -0.347 e. The van der Waals surface area contributed by atoms with E-state index in [1.807, 2.05) is 0 Å². The van der Waals surface area contributed by atoms with Crippen LogP contribution in [-0.4, -0.2) is 35.4 Å². The molecule has 0 saturated heterocycles. The topological polar surface area (TPSA) is 54.3 Å². The van der Waals surface area contributed by atoms with Crippen LogP contribution in [0.3, 0.4) is 0 Å². The fourth-order valence-electron chi connectivity index (χ4n) is 1.88. The first-order valence-electron chi connectivity index (χ1n) is 6.23. The van der Waals surface area contributed by atoms with E-state index in [2.05, 4.69) is 5.32 Å². The molecule has 0 atom stereocenters. The van der Waals surface area contributed by atoms with Crippen LogP contribution in [0, 0.1) is 0 Å². The van der Waals surface area contributed by atoms with E-state index in [-0.39, 0.29) is 11.8 Å². The van der Waals surface area contributed by atoms with Crippen molar-refractivity contribution in [2.24, 2.45) is 7.05 Å². The third-order valence-corrected chi connectivity index (χ3v) is 2.95. The van der Waals surface area contributed by atoms with Gasteiger partial charge < -0.3 is 14.8 Å². The number of hydrogen-bond acceptors (Lipinski definition) is 2. The number of rotatable bonds is 3. The molecule has 0 aliphatic heterocycles. The molecule has 0 fully saturated rings. The second kappa shape index (κ2) is 5.61. The largest absolute Gasteiger partial charge is 0.347 e. The van der Waals surface area contributed by atoms with E-state index in [9.17, 15) is 9.59 Å². The molecule has 104 valence electrons. The predicted molar refractivity (Wildman–Crippen MR) is 77.8 cm³/mol. The molecule has 0 aliphatic rings. The summed E-state index contributed by atoms with van der Waals surface area (Å²) in [5.74, 6) is -0.299. The second-order valence-corrected chi connectivity index (χ2v) is 4.74. The molecule has 0 bridgehead atoms. The van der Waals surface area contributed by atoms with Crippen LogP contribution < -0.4 is 5.32 Å². The highest BCUT2D eigenvalue weighted by molar-refractivity contribution is 6.04. The van der Waals surface area contributed by atoms with Crippen LogP contribution in [0.5, 0.6) is 0 Å². The summed E-state index contributed by atoms with van der Waals surface area (Å²) in [6.45, 7) is 0. The van der Waals surface area contributed by atoms with Gasteiger partial charge in [-0.05, 0) is 30.3 Å². The molecule has 0 saturated carbocycles. The Morgan fingerprint density at radius 1 is 1.15 bits per heavy atom. The van der Waals surface area contributed by atoms with Crippen molar-refractivity contribution in [3.8, 4) is 0 Å². The van der Waals surface area contributed by atoms with Gasteiger partial charge in [0.25, 0.3) is 11.8 Å². The average Bonchev–Trinajstić information content (AvgIpc) is 2.84. The zero-order chi connectivity index (χ0) is 14.7. The fourth-order valence-corrected chi connectivity index (χ4v) is 1.88. The van der Waals surface area contributed by atoms with Crippen LogP contribution in [0.2, 0.25) is 0 Å². The van der Waals surface area contributed by atoms with Crippen molar-refractivity contribution >= 4 is 17.5 Å². The minimum absolute atomic E-state index is 0.0973. The fraction of sp³-hybridized carbons (Fsp3) is 0.200. The van der Waals surface area contributed by atoms with Gasteiger partial charge in [-0.3, -0.25) is 9.59 Å². The number of carbonyl (C=O) groups excluding carboxylic acids is 2. The molecule has 1 aromatic heterocycles. The molecule has 2 aromatic rings. The first kappa shape index (κ1) is 13.9. The minimum atomic E-state index is -0.202. The lowest BCUT2D eigenvalue weighted by molar-refractivity contribution is 0.0827. The normalized spacial score (nSPS) is 10.2. The summed E-state index contributed by atoms with van der Waals surface area (Å²) in [4.78, 5) is 25.5. The van der Waals surface area contributed by atoms with E-state index in [1.54, 1.807) is 68.3 Å². The summed E-state index contributed by atoms with van der Waals surface area (Å²) in [5.41, 5.74) is 1.71. The van der Waals surface area contributed by atoms with E-state index >= 15 is 0 Å². The van der Waals surface area contributed by atoms with Gasteiger partial charge in [-0.25, -0.2) is 0 Å². The summed E-state index contributed by atoms with van der Waals surface area (Å²) in [6, 6.07) is 10.4. The third kappa shape index (κ3) is 2.88. The van der Waals surface area contributed by atoms with Gasteiger partial charge in [-0.15, -0.1) is 0 Å². The summed E-state index contributed by atoms with van der Waals surface area (Å²) >= 11 is 0. The van der Waals surface area contributed by atoms with Crippen LogP contribution in [0.25, 0.3) is 0 Å². The molecule has 1 aromatic carbocycles. The highest BCUT2D eigenvalue weighted by atomic mass is 16.2. The lowest BCUT2D eigenvalue weighted by atomic mass is 10.2. The zero-order valence-corrected chi connectivity index (χ0v) is 11.8. The van der Waals surface area contributed by atoms with Crippen molar-refractivity contribution in [1.29, 1.82) is 0 Å². The van der Waals surface area contributed by atoms with Crippen LogP contribution in [-0.2, 0) is 7.05 Å². The van der Waals surface area contributed by atoms with Crippen molar-refractivity contribution in [3.05, 3.63) is 53.9 Å². The lowest BCUT2D eigenvalue weighted by Gasteiger charge is -2.12. The molecular formula is C15H17N3O2. The van der Waals surface area contributed by atoms with Gasteiger partial charge in [-0.2, -0.15) is 0 Å². The second-order valence-electron chi connectivity index (χ2n) is 4.74. The van der Waals surface area contributed by atoms with Gasteiger partial charge >= 0.3 is 0 Å². The number of amides is 2. The summed E-state index contributed by atoms with van der Waals surface area (Å²) in [5, 5.41) is 2.79. The smallest absolute Gasteiger partial charge is 0.272 e. The Labute approximate surface area is 117 Å². The maximum absolute atomic E-state index is 12.1. The van der Waals surface area contributed by atoms with Crippen LogP contribution in [0.4, 0.5) is 5.69 Å². The van der Waals surface area contributed by atoms with E-state index in [0.717, 1.165) is 0 Å². The lowest BCUT2D eigenvalue weighted by Crippen LogP contribution is -2.22. The van der Waals surface area contributed by atoms with Crippen molar-refractivity contribution in [2.75, 3.05) is 19.4 Å². The van der Waals surface area contributed by atoms with Gasteiger partial charge in [0.05, 0.1) is 0 Å². The van der Waals surface area contributed by atoms with Gasteiger partial charge in [0, 0.05) is 38.6 Å². The van der Waals surface area contributed by atoms with E-state index in [0.29, 0.717) is 16.9 Å². The van der Waals surface area contributed by atoms with E-state index < -0.39 is 0 Å². The van der Waals surface area contributed by atoms with Crippen LogP contribution >= 0.6 is 0 Å². The molecule has 5 heteroatoms. The Morgan fingerprint density at radius 2 is 1.90 bits per heavy atom. The number of nitrogens with one attached hydrogen (secondary N) is 1. The number of aromatic nitrogens is 1. The van der Waals surface area contributed by atoms with Gasteiger partial charge in [0.1, 0.15) is 5.69 Å². The standard InChI is InChI=1S/C15H17N3O2/c1-17(2)15(20)11-6-4-7-12(10-11)16-14(19)13-8-5-9-18(13)3/h4-10H,1-3H3,(H,16,19). The molecule has 0 unspecified atom stereocenters. The molecule has 2 amide bonds. The number of benzene rings is 1. The number of aryl methyl sites for hydroxylation is 1. The van der Waals surface area contributed by atoms with Crippen molar-refractivity contribution in [1.82, 2.24) is 9.47 Å². The molecule has 20 heavy (non-hydrogen) atoms. The summed E-state index contributed by atoms with van der Waals surface area (Å²) in [6.07, 6.45) is 1.81. The maximum Gasteiger partial charge on any atom is 0.272 e. The molecule has 0 radical (unpaired) electrons. The molecule has 0 spiro atoms.